The summed E-state index contributed by atoms with van der Waals surface area (Å²) in [6.07, 6.45) is 1.81. The molecule has 1 aromatic heterocycles. The first-order chi connectivity index (χ1) is 16.0. The maximum absolute atomic E-state index is 13.6. The van der Waals surface area contributed by atoms with Crippen LogP contribution in [0.15, 0.2) is 65.7 Å². The molecule has 4 aromatic rings. The van der Waals surface area contributed by atoms with Gasteiger partial charge in [-0.15, -0.1) is 0 Å². The van der Waals surface area contributed by atoms with Crippen LogP contribution < -0.4 is 5.73 Å². The molecule has 0 atom stereocenters. The van der Waals surface area contributed by atoms with E-state index in [0.29, 0.717) is 11.3 Å². The molecule has 0 amide bonds. The molecule has 6 heteroatoms. The van der Waals surface area contributed by atoms with Crippen LogP contribution in [0.4, 0.5) is 15.8 Å². The Morgan fingerprint density at radius 3 is 2.58 bits per heavy atom. The van der Waals surface area contributed by atoms with Gasteiger partial charge in [-0.2, -0.15) is 0 Å². The molecule has 0 aliphatic carbocycles. The number of anilines is 1. The van der Waals surface area contributed by atoms with E-state index in [0.717, 1.165) is 60.3 Å². The third-order valence-electron chi connectivity index (χ3n) is 6.37. The molecule has 168 valence electrons. The van der Waals surface area contributed by atoms with Crippen molar-refractivity contribution in [2.45, 2.75) is 26.3 Å². The first-order valence-electron chi connectivity index (χ1n) is 11.2. The maximum Gasteiger partial charge on any atom is 0.198 e. The number of nitrogen functional groups attached to an aromatic ring is 1. The van der Waals surface area contributed by atoms with E-state index in [9.17, 15) is 9.50 Å². The lowest BCUT2D eigenvalue weighted by atomic mass is 10.0. The van der Waals surface area contributed by atoms with E-state index < -0.39 is 0 Å². The number of hydrogen-bond acceptors (Lipinski definition) is 4. The highest BCUT2D eigenvalue weighted by Gasteiger charge is 2.16. The number of H-pyrrole nitrogens is 1. The lowest BCUT2D eigenvalue weighted by molar-refractivity contribution is 0.279. The molecule has 0 saturated carbocycles. The average Bonchev–Trinajstić information content (AvgIpc) is 2.99. The van der Waals surface area contributed by atoms with Crippen LogP contribution in [0.2, 0.25) is 0 Å². The Bertz CT molecular complexity index is 1340. The van der Waals surface area contributed by atoms with Gasteiger partial charge in [-0.3, -0.25) is 9.89 Å². The largest absolute Gasteiger partial charge is 0.494 e. The zero-order valence-corrected chi connectivity index (χ0v) is 18.6. The quantitative estimate of drug-likeness (QED) is 0.295. The molecule has 0 unspecified atom stereocenters. The van der Waals surface area contributed by atoms with Gasteiger partial charge in [-0.05, 0) is 78.9 Å². The molecular formula is C27H27FN4O. The SMILES string of the molecule is CC(=Nc1ccc(CN2CCc3ccc(F)cc3CC2)cc1)c1c(O)[nH]c2ccc(N)cc12. The summed E-state index contributed by atoms with van der Waals surface area (Å²) in [5.74, 6) is -0.0615. The Hall–Kier alpha value is -3.64. The average molecular weight is 443 g/mol. The molecule has 0 saturated heterocycles. The number of rotatable bonds is 4. The summed E-state index contributed by atoms with van der Waals surface area (Å²) in [5.41, 5.74) is 13.2. The van der Waals surface area contributed by atoms with E-state index in [1.54, 1.807) is 18.2 Å². The number of aromatic nitrogens is 1. The van der Waals surface area contributed by atoms with Crippen molar-refractivity contribution in [3.63, 3.8) is 0 Å². The summed E-state index contributed by atoms with van der Waals surface area (Å²) in [7, 11) is 0. The highest BCUT2D eigenvalue weighted by molar-refractivity contribution is 6.13. The smallest absolute Gasteiger partial charge is 0.198 e. The van der Waals surface area contributed by atoms with Gasteiger partial charge in [0.1, 0.15) is 5.82 Å². The van der Waals surface area contributed by atoms with Crippen molar-refractivity contribution in [2.75, 3.05) is 18.8 Å². The van der Waals surface area contributed by atoms with Crippen LogP contribution in [-0.2, 0) is 19.4 Å². The van der Waals surface area contributed by atoms with E-state index in [-0.39, 0.29) is 11.7 Å². The number of aliphatic imine (C=N–C) groups is 1. The standard InChI is InChI=1S/C27H27FN4O/c1-17(26-24-15-22(29)6-9-25(24)31-27(26)33)30-23-7-2-18(3-8-23)16-32-12-10-19-4-5-21(28)14-20(19)11-13-32/h2-9,14-15,31,33H,10-13,16,29H2,1H3. The Morgan fingerprint density at radius 1 is 1.03 bits per heavy atom. The van der Waals surface area contributed by atoms with Gasteiger partial charge in [-0.1, -0.05) is 18.2 Å². The fourth-order valence-electron chi connectivity index (χ4n) is 4.64. The van der Waals surface area contributed by atoms with Gasteiger partial charge in [0.2, 0.25) is 0 Å². The van der Waals surface area contributed by atoms with Crippen molar-refractivity contribution in [1.29, 1.82) is 0 Å². The summed E-state index contributed by atoms with van der Waals surface area (Å²) >= 11 is 0. The van der Waals surface area contributed by atoms with Crippen LogP contribution in [0.5, 0.6) is 5.88 Å². The fourth-order valence-corrected chi connectivity index (χ4v) is 4.64. The minimum atomic E-state index is -0.155. The molecule has 3 aromatic carbocycles. The van der Waals surface area contributed by atoms with E-state index in [4.69, 9.17) is 10.7 Å². The summed E-state index contributed by atoms with van der Waals surface area (Å²) in [6.45, 7) is 4.61. The third-order valence-corrected chi connectivity index (χ3v) is 6.37. The third kappa shape index (κ3) is 4.47. The van der Waals surface area contributed by atoms with Crippen LogP contribution >= 0.6 is 0 Å². The molecule has 4 N–H and O–H groups in total. The monoisotopic (exact) mass is 442 g/mol. The van der Waals surface area contributed by atoms with Crippen LogP contribution in [0.3, 0.4) is 0 Å². The van der Waals surface area contributed by atoms with Crippen molar-refractivity contribution in [3.05, 3.63) is 88.7 Å². The van der Waals surface area contributed by atoms with E-state index >= 15 is 0 Å². The van der Waals surface area contributed by atoms with Crippen molar-refractivity contribution in [1.82, 2.24) is 9.88 Å². The predicted octanol–water partition coefficient (Wildman–Crippen LogP) is 5.34. The fraction of sp³-hybridized carbons (Fsp3) is 0.222. The summed E-state index contributed by atoms with van der Waals surface area (Å²) in [5, 5.41) is 11.3. The molecule has 5 rings (SSSR count). The second-order valence-corrected chi connectivity index (χ2v) is 8.71. The van der Waals surface area contributed by atoms with Crippen LogP contribution in [0.1, 0.15) is 29.2 Å². The van der Waals surface area contributed by atoms with Crippen LogP contribution in [0, 0.1) is 5.82 Å². The van der Waals surface area contributed by atoms with E-state index in [1.807, 2.05) is 37.3 Å². The summed E-state index contributed by atoms with van der Waals surface area (Å²) in [6, 6.07) is 18.8. The minimum absolute atomic E-state index is 0.0931. The molecule has 5 nitrogen and oxygen atoms in total. The van der Waals surface area contributed by atoms with Crippen molar-refractivity contribution < 1.29 is 9.50 Å². The molecule has 1 aliphatic rings. The van der Waals surface area contributed by atoms with Crippen molar-refractivity contribution in [2.24, 2.45) is 4.99 Å². The molecule has 33 heavy (non-hydrogen) atoms. The molecule has 0 fully saturated rings. The van der Waals surface area contributed by atoms with E-state index in [2.05, 4.69) is 22.0 Å². The Balaban J connectivity index is 1.30. The van der Waals surface area contributed by atoms with Crippen LogP contribution in [-0.4, -0.2) is 33.8 Å². The van der Waals surface area contributed by atoms with Gasteiger partial charge in [0, 0.05) is 36.2 Å². The number of fused-ring (bicyclic) bond motifs is 2. The highest BCUT2D eigenvalue weighted by atomic mass is 19.1. The Kier molecular flexibility index (Phi) is 5.60. The van der Waals surface area contributed by atoms with Gasteiger partial charge in [0.25, 0.3) is 0 Å². The lowest BCUT2D eigenvalue weighted by Crippen LogP contribution is -2.25. The van der Waals surface area contributed by atoms with Crippen LogP contribution in [0.25, 0.3) is 10.9 Å². The summed E-state index contributed by atoms with van der Waals surface area (Å²) < 4.78 is 13.6. The molecule has 0 bridgehead atoms. The van der Waals surface area contributed by atoms with Crippen molar-refractivity contribution >= 4 is 28.0 Å². The Morgan fingerprint density at radius 2 is 1.79 bits per heavy atom. The zero-order chi connectivity index (χ0) is 22.9. The second kappa shape index (κ2) is 8.71. The van der Waals surface area contributed by atoms with Gasteiger partial charge < -0.3 is 15.8 Å². The number of hydrogen-bond donors (Lipinski definition) is 3. The number of benzene rings is 3. The zero-order valence-electron chi connectivity index (χ0n) is 18.6. The maximum atomic E-state index is 13.6. The van der Waals surface area contributed by atoms with Gasteiger partial charge >= 0.3 is 0 Å². The number of halogens is 1. The normalized spacial score (nSPS) is 14.9. The van der Waals surface area contributed by atoms with Gasteiger partial charge in [-0.25, -0.2) is 4.39 Å². The second-order valence-electron chi connectivity index (χ2n) is 8.71. The molecule has 1 aliphatic heterocycles. The summed E-state index contributed by atoms with van der Waals surface area (Å²) in [4.78, 5) is 10.1. The topological polar surface area (TPSA) is 77.6 Å². The van der Waals surface area contributed by atoms with Gasteiger partial charge in [0.15, 0.2) is 5.88 Å². The Labute approximate surface area is 192 Å². The minimum Gasteiger partial charge on any atom is -0.494 e. The number of aromatic amines is 1. The predicted molar refractivity (Wildman–Crippen MR) is 132 cm³/mol. The van der Waals surface area contributed by atoms with Gasteiger partial charge in [0.05, 0.1) is 17.0 Å². The first-order valence-corrected chi connectivity index (χ1v) is 11.2. The number of nitrogens with one attached hydrogen (secondary N) is 1. The molecule has 0 spiro atoms. The van der Waals surface area contributed by atoms with Crippen molar-refractivity contribution in [3.8, 4) is 5.88 Å². The number of aromatic hydroxyl groups is 1. The van der Waals surface area contributed by atoms with E-state index in [1.165, 1.54) is 11.1 Å². The molecule has 0 radical (unpaired) electrons. The molecule has 2 heterocycles. The molecular weight excluding hydrogens is 415 g/mol. The highest BCUT2D eigenvalue weighted by Crippen LogP contribution is 2.30. The lowest BCUT2D eigenvalue weighted by Gasteiger charge is -2.19. The first kappa shape index (κ1) is 21.2. The number of nitrogens with two attached hydrogens (primary N) is 1. The number of nitrogens with zero attached hydrogens (tertiary/aromatic N) is 2.